The molecule has 6 nitrogen and oxygen atoms in total. The molecule has 30 heavy (non-hydrogen) atoms. The van der Waals surface area contributed by atoms with Crippen molar-refractivity contribution in [3.63, 3.8) is 0 Å². The van der Waals surface area contributed by atoms with Crippen LogP contribution in [0.15, 0.2) is 89.5 Å². The summed E-state index contributed by atoms with van der Waals surface area (Å²) < 4.78 is 11.3. The Labute approximate surface area is 173 Å². The highest BCUT2D eigenvalue weighted by molar-refractivity contribution is 5.96. The molecule has 148 valence electrons. The molecule has 1 aromatic heterocycles. The van der Waals surface area contributed by atoms with E-state index < -0.39 is 0 Å². The predicted molar refractivity (Wildman–Crippen MR) is 112 cm³/mol. The van der Waals surface area contributed by atoms with Crippen molar-refractivity contribution in [2.45, 2.75) is 12.3 Å². The van der Waals surface area contributed by atoms with Crippen LogP contribution in [-0.2, 0) is 4.79 Å². The zero-order valence-electron chi connectivity index (χ0n) is 16.1. The Morgan fingerprint density at radius 3 is 2.27 bits per heavy atom. The molecule has 1 aliphatic heterocycles. The van der Waals surface area contributed by atoms with E-state index in [-0.39, 0.29) is 11.8 Å². The van der Waals surface area contributed by atoms with Gasteiger partial charge < -0.3 is 14.2 Å². The highest BCUT2D eigenvalue weighted by atomic mass is 16.5. The summed E-state index contributed by atoms with van der Waals surface area (Å²) >= 11 is 0. The van der Waals surface area contributed by atoms with E-state index >= 15 is 0 Å². The van der Waals surface area contributed by atoms with E-state index in [2.05, 4.69) is 10.1 Å². The SMILES string of the molecule is O=C1CC(c2nc(-c3ccc(Oc4ccccc4)cc3)no2)CN1c1ccccc1. The van der Waals surface area contributed by atoms with Crippen LogP contribution in [0.25, 0.3) is 11.4 Å². The largest absolute Gasteiger partial charge is 0.457 e. The molecule has 0 radical (unpaired) electrons. The quantitative estimate of drug-likeness (QED) is 0.471. The lowest BCUT2D eigenvalue weighted by Gasteiger charge is -2.15. The predicted octanol–water partition coefficient (Wildman–Crippen LogP) is 5.05. The smallest absolute Gasteiger partial charge is 0.232 e. The van der Waals surface area contributed by atoms with Crippen molar-refractivity contribution < 1.29 is 14.1 Å². The number of benzene rings is 3. The van der Waals surface area contributed by atoms with Crippen LogP contribution in [0.2, 0.25) is 0 Å². The van der Waals surface area contributed by atoms with Crippen LogP contribution in [0.4, 0.5) is 5.69 Å². The number of carbonyl (C=O) groups excluding carboxylic acids is 1. The topological polar surface area (TPSA) is 68.5 Å². The summed E-state index contributed by atoms with van der Waals surface area (Å²) in [5.41, 5.74) is 1.72. The number of hydrogen-bond donors (Lipinski definition) is 0. The van der Waals surface area contributed by atoms with E-state index in [1.54, 1.807) is 4.90 Å². The number of hydrogen-bond acceptors (Lipinski definition) is 5. The van der Waals surface area contributed by atoms with Gasteiger partial charge in [-0.05, 0) is 48.5 Å². The van der Waals surface area contributed by atoms with Gasteiger partial charge in [-0.15, -0.1) is 0 Å². The van der Waals surface area contributed by atoms with Crippen LogP contribution in [0.5, 0.6) is 11.5 Å². The fourth-order valence-corrected chi connectivity index (χ4v) is 3.55. The van der Waals surface area contributed by atoms with Crippen molar-refractivity contribution in [3.8, 4) is 22.9 Å². The Morgan fingerprint density at radius 2 is 1.53 bits per heavy atom. The van der Waals surface area contributed by atoms with Gasteiger partial charge >= 0.3 is 0 Å². The number of ether oxygens (including phenoxy) is 1. The third kappa shape index (κ3) is 3.67. The monoisotopic (exact) mass is 397 g/mol. The van der Waals surface area contributed by atoms with E-state index in [1.165, 1.54) is 0 Å². The van der Waals surface area contributed by atoms with Crippen molar-refractivity contribution in [2.24, 2.45) is 0 Å². The number of amides is 1. The molecule has 1 saturated heterocycles. The minimum absolute atomic E-state index is 0.0633. The Morgan fingerprint density at radius 1 is 0.867 bits per heavy atom. The van der Waals surface area contributed by atoms with Gasteiger partial charge in [0.1, 0.15) is 11.5 Å². The molecular formula is C24H19N3O3. The molecule has 1 fully saturated rings. The number of anilines is 1. The van der Waals surface area contributed by atoms with Gasteiger partial charge in [0, 0.05) is 24.2 Å². The maximum atomic E-state index is 12.4. The molecule has 3 aromatic carbocycles. The molecule has 2 heterocycles. The lowest BCUT2D eigenvalue weighted by molar-refractivity contribution is -0.117. The minimum atomic E-state index is -0.111. The number of aromatic nitrogens is 2. The molecule has 1 atom stereocenters. The fraction of sp³-hybridized carbons (Fsp3) is 0.125. The average molecular weight is 397 g/mol. The highest BCUT2D eigenvalue weighted by Crippen LogP contribution is 2.32. The van der Waals surface area contributed by atoms with Gasteiger partial charge in [-0.1, -0.05) is 41.6 Å². The summed E-state index contributed by atoms with van der Waals surface area (Å²) in [7, 11) is 0. The first-order valence-electron chi connectivity index (χ1n) is 9.78. The van der Waals surface area contributed by atoms with Gasteiger partial charge in [0.15, 0.2) is 0 Å². The van der Waals surface area contributed by atoms with E-state index in [1.807, 2.05) is 84.9 Å². The van der Waals surface area contributed by atoms with Crippen LogP contribution < -0.4 is 9.64 Å². The molecule has 1 aliphatic rings. The maximum absolute atomic E-state index is 12.4. The van der Waals surface area contributed by atoms with Crippen LogP contribution in [0.3, 0.4) is 0 Å². The van der Waals surface area contributed by atoms with Gasteiger partial charge in [-0.3, -0.25) is 4.79 Å². The molecule has 1 amide bonds. The summed E-state index contributed by atoms with van der Waals surface area (Å²) in [4.78, 5) is 18.8. The van der Waals surface area contributed by atoms with Crippen molar-refractivity contribution in [3.05, 3.63) is 90.8 Å². The summed E-state index contributed by atoms with van der Waals surface area (Å²) in [6.45, 7) is 0.536. The van der Waals surface area contributed by atoms with Crippen LogP contribution in [0.1, 0.15) is 18.2 Å². The van der Waals surface area contributed by atoms with Gasteiger partial charge in [-0.2, -0.15) is 4.98 Å². The third-order valence-corrected chi connectivity index (χ3v) is 5.08. The lowest BCUT2D eigenvalue weighted by atomic mass is 10.1. The molecule has 1 unspecified atom stereocenters. The summed E-state index contributed by atoms with van der Waals surface area (Å²) in [6, 6.07) is 26.8. The lowest BCUT2D eigenvalue weighted by Crippen LogP contribution is -2.24. The molecule has 0 N–H and O–H groups in total. The number of carbonyl (C=O) groups is 1. The van der Waals surface area contributed by atoms with E-state index in [0.717, 1.165) is 22.7 Å². The zero-order chi connectivity index (χ0) is 20.3. The van der Waals surface area contributed by atoms with Gasteiger partial charge in [0.2, 0.25) is 17.6 Å². The first-order chi connectivity index (χ1) is 14.8. The minimum Gasteiger partial charge on any atom is -0.457 e. The van der Waals surface area contributed by atoms with Crippen LogP contribution in [-0.4, -0.2) is 22.6 Å². The highest BCUT2D eigenvalue weighted by Gasteiger charge is 2.35. The molecular weight excluding hydrogens is 378 g/mol. The normalized spacial score (nSPS) is 16.1. The van der Waals surface area contributed by atoms with Crippen molar-refractivity contribution in [1.82, 2.24) is 10.1 Å². The number of para-hydroxylation sites is 2. The Balaban J connectivity index is 1.29. The summed E-state index contributed by atoms with van der Waals surface area (Å²) in [6.07, 6.45) is 0.361. The fourth-order valence-electron chi connectivity index (χ4n) is 3.55. The van der Waals surface area contributed by atoms with Gasteiger partial charge in [0.25, 0.3) is 0 Å². The Kier molecular flexibility index (Phi) is 4.73. The average Bonchev–Trinajstić information content (AvgIpc) is 3.43. The molecule has 5 rings (SSSR count). The second-order valence-corrected chi connectivity index (χ2v) is 7.14. The van der Waals surface area contributed by atoms with Crippen molar-refractivity contribution >= 4 is 11.6 Å². The van der Waals surface area contributed by atoms with E-state index in [0.29, 0.717) is 24.7 Å². The molecule has 0 spiro atoms. The van der Waals surface area contributed by atoms with Gasteiger partial charge in [0.05, 0.1) is 5.92 Å². The molecule has 4 aromatic rings. The summed E-state index contributed by atoms with van der Waals surface area (Å²) in [5.74, 6) is 2.45. The molecule has 0 bridgehead atoms. The number of rotatable bonds is 5. The van der Waals surface area contributed by atoms with Gasteiger partial charge in [-0.25, -0.2) is 0 Å². The number of nitrogens with zero attached hydrogens (tertiary/aromatic N) is 3. The first kappa shape index (κ1) is 18.1. The van der Waals surface area contributed by atoms with Crippen LogP contribution >= 0.6 is 0 Å². The van der Waals surface area contributed by atoms with Crippen LogP contribution in [0, 0.1) is 0 Å². The second-order valence-electron chi connectivity index (χ2n) is 7.14. The third-order valence-electron chi connectivity index (χ3n) is 5.08. The summed E-state index contributed by atoms with van der Waals surface area (Å²) in [5, 5.41) is 4.11. The van der Waals surface area contributed by atoms with Crippen molar-refractivity contribution in [1.29, 1.82) is 0 Å². The van der Waals surface area contributed by atoms with Crippen molar-refractivity contribution in [2.75, 3.05) is 11.4 Å². The standard InChI is InChI=1S/C24H19N3O3/c28-22-15-18(16-27(22)19-7-3-1-4-8-19)24-25-23(26-30-24)17-11-13-21(14-12-17)29-20-9-5-2-6-10-20/h1-14,18H,15-16H2. The first-order valence-corrected chi connectivity index (χ1v) is 9.78. The molecule has 0 saturated carbocycles. The second kappa shape index (κ2) is 7.83. The zero-order valence-corrected chi connectivity index (χ0v) is 16.1. The Bertz CT molecular complexity index is 1140. The molecule has 0 aliphatic carbocycles. The van der Waals surface area contributed by atoms with E-state index in [4.69, 9.17) is 9.26 Å². The Hall–Kier alpha value is -3.93. The maximum Gasteiger partial charge on any atom is 0.232 e. The van der Waals surface area contributed by atoms with E-state index in [9.17, 15) is 4.79 Å². The molecule has 6 heteroatoms.